The van der Waals surface area contributed by atoms with Crippen LogP contribution in [0.2, 0.25) is 10.2 Å². The number of rotatable bonds is 3. The molecule has 106 valence electrons. The Labute approximate surface area is 126 Å². The number of aromatic nitrogens is 2. The SMILES string of the molecule is Cc1c(Cl)nc(C(C)C)nc1Oc1ccc(F)c(Cl)c1. The lowest BCUT2D eigenvalue weighted by molar-refractivity contribution is 0.451. The molecule has 1 heterocycles. The highest BCUT2D eigenvalue weighted by molar-refractivity contribution is 6.31. The van der Waals surface area contributed by atoms with Crippen molar-refractivity contribution in [3.05, 3.63) is 45.6 Å². The second-order valence-corrected chi connectivity index (χ2v) is 5.40. The molecule has 0 fully saturated rings. The largest absolute Gasteiger partial charge is 0.439 e. The lowest BCUT2D eigenvalue weighted by Crippen LogP contribution is -2.02. The van der Waals surface area contributed by atoms with Gasteiger partial charge in [0, 0.05) is 17.5 Å². The van der Waals surface area contributed by atoms with Crippen molar-refractivity contribution in [2.75, 3.05) is 0 Å². The Morgan fingerprint density at radius 1 is 1.20 bits per heavy atom. The topological polar surface area (TPSA) is 35.0 Å². The van der Waals surface area contributed by atoms with Gasteiger partial charge in [0.2, 0.25) is 5.88 Å². The summed E-state index contributed by atoms with van der Waals surface area (Å²) in [6.07, 6.45) is 0. The Morgan fingerprint density at radius 2 is 1.90 bits per heavy atom. The highest BCUT2D eigenvalue weighted by Crippen LogP contribution is 2.30. The molecule has 1 aromatic carbocycles. The third-order valence-electron chi connectivity index (χ3n) is 2.68. The van der Waals surface area contributed by atoms with Gasteiger partial charge in [-0.2, -0.15) is 4.98 Å². The predicted octanol–water partition coefficient (Wildman–Crippen LogP) is 5.15. The summed E-state index contributed by atoms with van der Waals surface area (Å²) in [5, 5.41) is 0.330. The van der Waals surface area contributed by atoms with Crippen LogP contribution in [0.3, 0.4) is 0 Å². The average Bonchev–Trinajstić information content (AvgIpc) is 2.38. The van der Waals surface area contributed by atoms with E-state index in [0.717, 1.165) is 0 Å². The molecule has 0 saturated heterocycles. The molecule has 3 nitrogen and oxygen atoms in total. The zero-order valence-electron chi connectivity index (χ0n) is 11.2. The summed E-state index contributed by atoms with van der Waals surface area (Å²) in [6, 6.07) is 4.10. The van der Waals surface area contributed by atoms with Gasteiger partial charge < -0.3 is 4.74 Å². The van der Waals surface area contributed by atoms with Gasteiger partial charge >= 0.3 is 0 Å². The quantitative estimate of drug-likeness (QED) is 0.735. The number of benzene rings is 1. The number of ether oxygens (including phenoxy) is 1. The van der Waals surface area contributed by atoms with Crippen LogP contribution in [-0.2, 0) is 0 Å². The minimum Gasteiger partial charge on any atom is -0.439 e. The van der Waals surface area contributed by atoms with E-state index in [1.54, 1.807) is 6.92 Å². The first kappa shape index (κ1) is 15.0. The van der Waals surface area contributed by atoms with Crippen molar-refractivity contribution in [1.29, 1.82) is 0 Å². The molecule has 0 bridgehead atoms. The lowest BCUT2D eigenvalue weighted by Gasteiger charge is -2.12. The molecule has 20 heavy (non-hydrogen) atoms. The zero-order chi connectivity index (χ0) is 14.9. The molecule has 0 radical (unpaired) electrons. The van der Waals surface area contributed by atoms with Gasteiger partial charge in [0.25, 0.3) is 0 Å². The molecule has 2 aromatic rings. The van der Waals surface area contributed by atoms with Gasteiger partial charge in [0.05, 0.1) is 5.02 Å². The molecule has 0 unspecified atom stereocenters. The van der Waals surface area contributed by atoms with Crippen molar-refractivity contribution < 1.29 is 9.13 Å². The molecule has 0 aliphatic rings. The Morgan fingerprint density at radius 3 is 2.50 bits per heavy atom. The van der Waals surface area contributed by atoms with Crippen LogP contribution < -0.4 is 4.74 Å². The lowest BCUT2D eigenvalue weighted by atomic mass is 10.2. The van der Waals surface area contributed by atoms with E-state index in [1.165, 1.54) is 18.2 Å². The summed E-state index contributed by atoms with van der Waals surface area (Å²) < 4.78 is 18.7. The first-order valence-electron chi connectivity index (χ1n) is 6.05. The Balaban J connectivity index is 2.39. The van der Waals surface area contributed by atoms with Crippen LogP contribution >= 0.6 is 23.2 Å². The molecule has 1 aromatic heterocycles. The molecule has 2 rings (SSSR count). The minimum absolute atomic E-state index is 0.00982. The van der Waals surface area contributed by atoms with E-state index in [0.29, 0.717) is 28.2 Å². The highest BCUT2D eigenvalue weighted by Gasteiger charge is 2.14. The van der Waals surface area contributed by atoms with Crippen LogP contribution in [0, 0.1) is 12.7 Å². The fourth-order valence-corrected chi connectivity index (χ4v) is 1.83. The summed E-state index contributed by atoms with van der Waals surface area (Å²) in [7, 11) is 0. The molecule has 0 saturated carbocycles. The van der Waals surface area contributed by atoms with Crippen LogP contribution in [0.5, 0.6) is 11.6 Å². The summed E-state index contributed by atoms with van der Waals surface area (Å²) in [5.41, 5.74) is 0.622. The van der Waals surface area contributed by atoms with E-state index in [4.69, 9.17) is 27.9 Å². The number of hydrogen-bond donors (Lipinski definition) is 0. The van der Waals surface area contributed by atoms with Gasteiger partial charge in [0.15, 0.2) is 0 Å². The molecule has 0 spiro atoms. The molecule has 0 amide bonds. The summed E-state index contributed by atoms with van der Waals surface area (Å²) in [5.74, 6) is 0.940. The summed E-state index contributed by atoms with van der Waals surface area (Å²) in [4.78, 5) is 8.52. The molecule has 0 aliphatic heterocycles. The first-order valence-corrected chi connectivity index (χ1v) is 6.81. The van der Waals surface area contributed by atoms with Crippen LogP contribution in [0.1, 0.15) is 31.2 Å². The predicted molar refractivity (Wildman–Crippen MR) is 77.4 cm³/mol. The molecule has 0 atom stereocenters. The average molecular weight is 315 g/mol. The summed E-state index contributed by atoms with van der Waals surface area (Å²) in [6.45, 7) is 5.67. The molecule has 6 heteroatoms. The van der Waals surface area contributed by atoms with Gasteiger partial charge in [-0.15, -0.1) is 0 Å². The third kappa shape index (κ3) is 3.19. The number of nitrogens with zero attached hydrogens (tertiary/aromatic N) is 2. The fraction of sp³-hybridized carbons (Fsp3) is 0.286. The van der Waals surface area contributed by atoms with Crippen molar-refractivity contribution >= 4 is 23.2 Å². The van der Waals surface area contributed by atoms with E-state index in [9.17, 15) is 4.39 Å². The van der Waals surface area contributed by atoms with Crippen LogP contribution in [-0.4, -0.2) is 9.97 Å². The van der Waals surface area contributed by atoms with Gasteiger partial charge in [-0.3, -0.25) is 0 Å². The maximum atomic E-state index is 13.1. The molecule has 0 N–H and O–H groups in total. The molecular weight excluding hydrogens is 302 g/mol. The maximum absolute atomic E-state index is 13.1. The molecular formula is C14H13Cl2FN2O. The smallest absolute Gasteiger partial charge is 0.226 e. The van der Waals surface area contributed by atoms with Crippen LogP contribution in [0.25, 0.3) is 0 Å². The standard InChI is InChI=1S/C14H13Cl2FN2O/c1-7(2)13-18-12(16)8(3)14(19-13)20-9-4-5-11(17)10(15)6-9/h4-7H,1-3H3. The van der Waals surface area contributed by atoms with Crippen molar-refractivity contribution in [2.24, 2.45) is 0 Å². The van der Waals surface area contributed by atoms with Gasteiger partial charge in [0.1, 0.15) is 22.5 Å². The first-order chi connectivity index (χ1) is 9.38. The van der Waals surface area contributed by atoms with E-state index >= 15 is 0 Å². The van der Waals surface area contributed by atoms with E-state index in [2.05, 4.69) is 9.97 Å². The Bertz CT molecular complexity index is 647. The number of halogens is 3. The second-order valence-electron chi connectivity index (χ2n) is 4.64. The zero-order valence-corrected chi connectivity index (χ0v) is 12.8. The van der Waals surface area contributed by atoms with Crippen molar-refractivity contribution in [2.45, 2.75) is 26.7 Å². The van der Waals surface area contributed by atoms with E-state index in [1.807, 2.05) is 13.8 Å². The van der Waals surface area contributed by atoms with Crippen molar-refractivity contribution in [1.82, 2.24) is 9.97 Å². The van der Waals surface area contributed by atoms with Crippen LogP contribution in [0.15, 0.2) is 18.2 Å². The minimum atomic E-state index is -0.501. The van der Waals surface area contributed by atoms with Gasteiger partial charge in [-0.05, 0) is 19.1 Å². The fourth-order valence-electron chi connectivity index (χ4n) is 1.50. The number of hydrogen-bond acceptors (Lipinski definition) is 3. The second kappa shape index (κ2) is 5.94. The van der Waals surface area contributed by atoms with E-state index < -0.39 is 5.82 Å². The van der Waals surface area contributed by atoms with Crippen molar-refractivity contribution in [3.8, 4) is 11.6 Å². The Kier molecular flexibility index (Phi) is 4.45. The summed E-state index contributed by atoms with van der Waals surface area (Å²) >= 11 is 11.8. The highest BCUT2D eigenvalue weighted by atomic mass is 35.5. The maximum Gasteiger partial charge on any atom is 0.226 e. The van der Waals surface area contributed by atoms with Gasteiger partial charge in [-0.1, -0.05) is 37.0 Å². The van der Waals surface area contributed by atoms with E-state index in [-0.39, 0.29) is 10.9 Å². The monoisotopic (exact) mass is 314 g/mol. The Hall–Kier alpha value is -1.39. The van der Waals surface area contributed by atoms with Crippen molar-refractivity contribution in [3.63, 3.8) is 0 Å². The van der Waals surface area contributed by atoms with Gasteiger partial charge in [-0.25, -0.2) is 9.37 Å². The van der Waals surface area contributed by atoms with Crippen LogP contribution in [0.4, 0.5) is 4.39 Å². The normalized spacial score (nSPS) is 10.9. The molecule has 0 aliphatic carbocycles. The third-order valence-corrected chi connectivity index (χ3v) is 3.34.